The third-order valence-electron chi connectivity index (χ3n) is 6.75. The molecule has 3 atom stereocenters. The van der Waals surface area contributed by atoms with Gasteiger partial charge >= 0.3 is 5.97 Å². The Morgan fingerprint density at radius 2 is 1.96 bits per heavy atom. The highest BCUT2D eigenvalue weighted by atomic mass is 35.5. The van der Waals surface area contributed by atoms with Gasteiger partial charge in [0.2, 0.25) is 11.3 Å². The molecular weight excluding hydrogens is 668 g/mol. The average Bonchev–Trinajstić information content (AvgIpc) is 3.44. The molecule has 236 valence electrons. The van der Waals surface area contributed by atoms with Crippen molar-refractivity contribution in [3.05, 3.63) is 73.2 Å². The molecule has 1 unspecified atom stereocenters. The first-order valence-electron chi connectivity index (χ1n) is 13.2. The number of nitrogens with one attached hydrogen (secondary N) is 3. The highest BCUT2D eigenvalue weighted by molar-refractivity contribution is 8.01. The highest BCUT2D eigenvalue weighted by Crippen LogP contribution is 2.42. The number of rotatable bonds is 11. The summed E-state index contributed by atoms with van der Waals surface area (Å²) in [7, 11) is 0. The van der Waals surface area contributed by atoms with Gasteiger partial charge in [-0.05, 0) is 37.1 Å². The van der Waals surface area contributed by atoms with Gasteiger partial charge in [-0.1, -0.05) is 46.8 Å². The molecule has 3 amide bonds. The number of phenolic OH excluding ortho intramolecular Hbond substituents is 1. The number of carboxylic acids is 1. The number of β-lactam (4-membered cyclic amide) rings is 1. The van der Waals surface area contributed by atoms with Gasteiger partial charge in [0.05, 0.1) is 0 Å². The number of thioether (sulfide) groups is 2. The number of pyridine rings is 1. The maximum absolute atomic E-state index is 13.5. The number of nitrogens with zero attached hydrogens (tertiary/aromatic N) is 3. The molecule has 5 N–H and O–H groups in total. The molecule has 5 rings (SSSR count). The largest absolute Gasteiger partial charge is 0.508 e. The van der Waals surface area contributed by atoms with Crippen LogP contribution in [-0.4, -0.2) is 83.5 Å². The van der Waals surface area contributed by atoms with Gasteiger partial charge in [0.15, 0.2) is 16.7 Å². The van der Waals surface area contributed by atoms with Gasteiger partial charge in [-0.15, -0.1) is 22.0 Å². The molecule has 0 bridgehead atoms. The smallest absolute Gasteiger partial charge is 0.352 e. The lowest BCUT2D eigenvalue weighted by Gasteiger charge is -2.49. The van der Waals surface area contributed by atoms with Crippen LogP contribution in [0.4, 0.5) is 0 Å². The van der Waals surface area contributed by atoms with E-state index in [9.17, 15) is 34.2 Å². The number of fused-ring (bicyclic) bond motifs is 1. The van der Waals surface area contributed by atoms with Crippen molar-refractivity contribution in [3.63, 3.8) is 0 Å². The van der Waals surface area contributed by atoms with E-state index in [1.807, 2.05) is 6.92 Å². The first kappa shape index (κ1) is 32.3. The monoisotopic (exact) mass is 692 g/mol. The first-order chi connectivity index (χ1) is 21.4. The van der Waals surface area contributed by atoms with Crippen LogP contribution in [0.1, 0.15) is 22.3 Å². The van der Waals surface area contributed by atoms with Crippen molar-refractivity contribution in [2.45, 2.75) is 35.6 Å². The number of phenols is 1. The van der Waals surface area contributed by atoms with Gasteiger partial charge in [0.1, 0.15) is 38.9 Å². The van der Waals surface area contributed by atoms with Gasteiger partial charge in [0, 0.05) is 23.4 Å². The Balaban J connectivity index is 1.28. The Kier molecular flexibility index (Phi) is 9.71. The van der Waals surface area contributed by atoms with Crippen molar-refractivity contribution in [3.8, 4) is 11.5 Å². The van der Waals surface area contributed by atoms with Gasteiger partial charge in [0.25, 0.3) is 11.8 Å². The first-order valence-corrected chi connectivity index (χ1v) is 16.4. The molecule has 45 heavy (non-hydrogen) atoms. The molecule has 14 nitrogen and oxygen atoms in total. The molecule has 0 radical (unpaired) electrons. The van der Waals surface area contributed by atoms with E-state index in [2.05, 4.69) is 25.8 Å². The topological polar surface area (TPSA) is 204 Å². The third-order valence-corrected chi connectivity index (χ3v) is 10.6. The number of hydrogen-bond donors (Lipinski definition) is 5. The van der Waals surface area contributed by atoms with Crippen LogP contribution < -0.4 is 20.8 Å². The minimum Gasteiger partial charge on any atom is -0.508 e. The number of halogens is 1. The second kappa shape index (κ2) is 13.5. The number of carbonyl (C=O) groups excluding carboxylic acids is 3. The van der Waals surface area contributed by atoms with Crippen LogP contribution in [-0.2, 0) is 19.2 Å². The van der Waals surface area contributed by atoms with Crippen LogP contribution in [0, 0.1) is 13.8 Å². The molecule has 4 heterocycles. The normalized spacial score (nSPS) is 18.1. The Hall–Kier alpha value is -4.06. The number of amides is 3. The summed E-state index contributed by atoms with van der Waals surface area (Å²) >= 11 is 9.97. The molecule has 3 aromatic rings. The number of benzene rings is 1. The number of ether oxygens (including phenoxy) is 1. The summed E-state index contributed by atoms with van der Waals surface area (Å²) in [6.45, 7) is 2.77. The summed E-state index contributed by atoms with van der Waals surface area (Å²) in [5, 5.41) is 32.9. The molecule has 0 spiro atoms. The molecule has 0 saturated carbocycles. The number of carboxylic acid groups (broad SMARTS) is 1. The standard InChI is InChI=1S/C27H25ClN6O8S3/c1-11-18(28)22(37)16(7-29-11)42-8-17(36)30-19(13-3-5-15(35)6-4-13)23(38)31-20-24(39)34-21(26(40)41)14(9-43-25(20)34)10-44-27-33-32-12(2)45-27/h3-7,19-20,25,35H,8-10H2,1-2H3,(H,29,37)(H,30,36)(H,31,38)(H,40,41)/t19-,20?,25-/m1/s1. The summed E-state index contributed by atoms with van der Waals surface area (Å²) in [4.78, 5) is 68.0. The number of aromatic amines is 1. The quantitative estimate of drug-likeness (QED) is 0.145. The van der Waals surface area contributed by atoms with Crippen LogP contribution in [0.15, 0.2) is 50.9 Å². The molecule has 1 fully saturated rings. The van der Waals surface area contributed by atoms with E-state index >= 15 is 0 Å². The predicted molar refractivity (Wildman–Crippen MR) is 166 cm³/mol. The summed E-state index contributed by atoms with van der Waals surface area (Å²) in [5.74, 6) is -3.05. The minimum atomic E-state index is -1.33. The number of carbonyl (C=O) groups is 4. The average molecular weight is 693 g/mol. The van der Waals surface area contributed by atoms with Crippen molar-refractivity contribution in [1.82, 2.24) is 30.7 Å². The summed E-state index contributed by atoms with van der Waals surface area (Å²) in [6, 6.07) is 3.11. The minimum absolute atomic E-state index is 0.0744. The van der Waals surface area contributed by atoms with Gasteiger partial charge in [-0.2, -0.15) is 0 Å². The van der Waals surface area contributed by atoms with Crippen molar-refractivity contribution >= 4 is 70.2 Å². The SMILES string of the molecule is Cc1nnc(SCC2=C(C(=O)O)N3C(=O)C(NC(=O)[C@H](NC(=O)COc4c[nH]c(C)c(Cl)c4=O)c4ccc(O)cc4)[C@H]3SC2)s1. The van der Waals surface area contributed by atoms with E-state index in [1.165, 1.54) is 65.3 Å². The second-order valence-electron chi connectivity index (χ2n) is 9.83. The lowest BCUT2D eigenvalue weighted by molar-refractivity contribution is -0.151. The van der Waals surface area contributed by atoms with Gasteiger partial charge in [-0.25, -0.2) is 4.79 Å². The van der Waals surface area contributed by atoms with E-state index in [1.54, 1.807) is 6.92 Å². The van der Waals surface area contributed by atoms with Crippen LogP contribution in [0.3, 0.4) is 0 Å². The summed E-state index contributed by atoms with van der Waals surface area (Å²) in [5.41, 5.74) is 0.509. The fourth-order valence-corrected chi connectivity index (χ4v) is 7.97. The molecule has 2 aromatic heterocycles. The number of aromatic nitrogens is 3. The lowest BCUT2D eigenvalue weighted by atomic mass is 10.0. The number of aromatic hydroxyl groups is 1. The predicted octanol–water partition coefficient (Wildman–Crippen LogP) is 1.97. The molecule has 1 saturated heterocycles. The Morgan fingerprint density at radius 3 is 2.62 bits per heavy atom. The fourth-order valence-electron chi connectivity index (χ4n) is 4.52. The maximum atomic E-state index is 13.5. The number of H-pyrrole nitrogens is 1. The van der Waals surface area contributed by atoms with Crippen LogP contribution >= 0.6 is 46.5 Å². The number of aliphatic carboxylic acids is 1. The zero-order valence-electron chi connectivity index (χ0n) is 23.5. The van der Waals surface area contributed by atoms with Crippen molar-refractivity contribution in [1.29, 1.82) is 0 Å². The summed E-state index contributed by atoms with van der Waals surface area (Å²) in [6.07, 6.45) is 1.26. The zero-order chi connectivity index (χ0) is 32.4. The van der Waals surface area contributed by atoms with E-state index in [4.69, 9.17) is 16.3 Å². The van der Waals surface area contributed by atoms with Crippen molar-refractivity contribution < 1.29 is 34.1 Å². The second-order valence-corrected chi connectivity index (χ2v) is 13.7. The highest BCUT2D eigenvalue weighted by Gasteiger charge is 2.54. The van der Waals surface area contributed by atoms with Crippen molar-refractivity contribution in [2.75, 3.05) is 18.1 Å². The Morgan fingerprint density at radius 1 is 1.22 bits per heavy atom. The molecule has 0 aliphatic carbocycles. The maximum Gasteiger partial charge on any atom is 0.352 e. The zero-order valence-corrected chi connectivity index (χ0v) is 26.7. The van der Waals surface area contributed by atoms with E-state index < -0.39 is 53.2 Å². The van der Waals surface area contributed by atoms with Gasteiger partial charge in [-0.3, -0.25) is 24.1 Å². The molecule has 1 aromatic carbocycles. The van der Waals surface area contributed by atoms with E-state index in [-0.39, 0.29) is 27.8 Å². The van der Waals surface area contributed by atoms with E-state index in [0.29, 0.717) is 27.1 Å². The third kappa shape index (κ3) is 6.95. The van der Waals surface area contributed by atoms with E-state index in [0.717, 1.165) is 9.91 Å². The Labute approximate surface area is 272 Å². The van der Waals surface area contributed by atoms with Crippen LogP contribution in [0.25, 0.3) is 0 Å². The summed E-state index contributed by atoms with van der Waals surface area (Å²) < 4.78 is 6.00. The molecule has 2 aliphatic rings. The Bertz CT molecular complexity index is 1760. The van der Waals surface area contributed by atoms with Crippen LogP contribution in [0.5, 0.6) is 11.5 Å². The fraction of sp³-hybridized carbons (Fsp3) is 0.296. The number of aryl methyl sites for hydroxylation is 2. The molecular formula is C27H25ClN6O8S3. The van der Waals surface area contributed by atoms with Crippen LogP contribution in [0.2, 0.25) is 5.02 Å². The molecule has 18 heteroatoms. The van der Waals surface area contributed by atoms with Gasteiger partial charge < -0.3 is 30.6 Å². The molecule has 2 aliphatic heterocycles. The van der Waals surface area contributed by atoms with Crippen molar-refractivity contribution in [2.24, 2.45) is 0 Å². The number of hydrogen-bond acceptors (Lipinski definition) is 12. The lowest BCUT2D eigenvalue weighted by Crippen LogP contribution is -2.71.